The summed E-state index contributed by atoms with van der Waals surface area (Å²) < 4.78 is 2.04. The number of aliphatic hydroxyl groups is 1. The third kappa shape index (κ3) is 2.71. The van der Waals surface area contributed by atoms with Crippen molar-refractivity contribution in [3.63, 3.8) is 0 Å². The lowest BCUT2D eigenvalue weighted by molar-refractivity contribution is -0.150. The number of carbonyl (C=O) groups is 1. The fourth-order valence-corrected chi connectivity index (χ4v) is 4.26. The van der Waals surface area contributed by atoms with Crippen LogP contribution in [0, 0.1) is 5.92 Å². The third-order valence-electron chi connectivity index (χ3n) is 5.73. The highest BCUT2D eigenvalue weighted by Gasteiger charge is 2.44. The van der Waals surface area contributed by atoms with Crippen molar-refractivity contribution >= 4 is 16.9 Å². The summed E-state index contributed by atoms with van der Waals surface area (Å²) in [6.45, 7) is 3.44. The normalized spacial score (nSPS) is 28.1. The van der Waals surface area contributed by atoms with Crippen LogP contribution >= 0.6 is 0 Å². The van der Waals surface area contributed by atoms with Crippen molar-refractivity contribution in [2.75, 3.05) is 13.1 Å². The quantitative estimate of drug-likeness (QED) is 0.922. The average Bonchev–Trinajstić information content (AvgIpc) is 2.93. The summed E-state index contributed by atoms with van der Waals surface area (Å²) in [6, 6.07) is 4.35. The molecule has 1 saturated carbocycles. The molecule has 0 spiro atoms. The first-order valence-electron chi connectivity index (χ1n) is 8.85. The van der Waals surface area contributed by atoms with Crippen LogP contribution in [-0.4, -0.2) is 44.2 Å². The van der Waals surface area contributed by atoms with E-state index < -0.39 is 5.60 Å². The molecule has 0 aromatic carbocycles. The van der Waals surface area contributed by atoms with Crippen LogP contribution in [-0.2, 0) is 11.8 Å². The summed E-state index contributed by atoms with van der Waals surface area (Å²) in [5.74, 6) is 0.742. The third-order valence-corrected chi connectivity index (χ3v) is 5.73. The largest absolute Gasteiger partial charge is 0.390 e. The van der Waals surface area contributed by atoms with E-state index in [9.17, 15) is 9.90 Å². The number of hydrogen-bond donors (Lipinski definition) is 1. The number of aryl methyl sites for hydroxylation is 1. The molecule has 5 heteroatoms. The van der Waals surface area contributed by atoms with E-state index in [-0.39, 0.29) is 11.8 Å². The molecule has 0 bridgehead atoms. The smallest absolute Gasteiger partial charge is 0.225 e. The molecule has 1 N–H and O–H groups in total. The van der Waals surface area contributed by atoms with E-state index in [0.29, 0.717) is 18.8 Å². The van der Waals surface area contributed by atoms with Gasteiger partial charge < -0.3 is 14.6 Å². The number of likely N-dealkylation sites (tertiary alicyclic amines) is 1. The Labute approximate surface area is 142 Å². The van der Waals surface area contributed by atoms with Gasteiger partial charge in [-0.2, -0.15) is 0 Å². The molecule has 0 atom stereocenters. The second-order valence-corrected chi connectivity index (χ2v) is 7.81. The molecule has 2 fully saturated rings. The first-order valence-corrected chi connectivity index (χ1v) is 8.85. The molecule has 0 radical (unpaired) electrons. The van der Waals surface area contributed by atoms with Crippen molar-refractivity contribution in [2.24, 2.45) is 13.0 Å². The minimum atomic E-state index is -0.630. The zero-order valence-corrected chi connectivity index (χ0v) is 14.4. The second kappa shape index (κ2) is 5.59. The molecule has 3 heterocycles. The Hall–Kier alpha value is -1.88. The van der Waals surface area contributed by atoms with Crippen LogP contribution in [0.25, 0.3) is 11.0 Å². The Morgan fingerprint density at radius 3 is 2.71 bits per heavy atom. The first-order chi connectivity index (χ1) is 11.4. The van der Waals surface area contributed by atoms with Gasteiger partial charge in [-0.15, -0.1) is 0 Å². The number of piperidine rings is 1. The standard InChI is InChI=1S/C19H25N3O2/c1-19(24)10-16(11-19)18(23)22-7-4-13(5-8-22)15-9-14-3-6-21(2)17(14)20-12-15/h3,6,9,12-13,16,24H,4-5,7-8,10-11H2,1-2H3. The molecule has 1 aliphatic heterocycles. The SMILES string of the molecule is Cn1ccc2cc(C3CCN(C(=O)C4CC(C)(O)C4)CC3)cnc21. The predicted molar refractivity (Wildman–Crippen MR) is 92.6 cm³/mol. The topological polar surface area (TPSA) is 58.4 Å². The van der Waals surface area contributed by atoms with Crippen LogP contribution < -0.4 is 0 Å². The van der Waals surface area contributed by atoms with Gasteiger partial charge in [-0.05, 0) is 56.2 Å². The van der Waals surface area contributed by atoms with Crippen molar-refractivity contribution in [3.8, 4) is 0 Å². The maximum absolute atomic E-state index is 12.5. The van der Waals surface area contributed by atoms with Gasteiger partial charge in [-0.3, -0.25) is 4.79 Å². The molecule has 2 aliphatic rings. The molecule has 1 saturated heterocycles. The molecular weight excluding hydrogens is 302 g/mol. The summed E-state index contributed by atoms with van der Waals surface area (Å²) >= 11 is 0. The zero-order chi connectivity index (χ0) is 16.9. The Morgan fingerprint density at radius 1 is 1.33 bits per heavy atom. The number of carbonyl (C=O) groups excluding carboxylic acids is 1. The van der Waals surface area contributed by atoms with Gasteiger partial charge in [-0.25, -0.2) is 4.98 Å². The van der Waals surface area contributed by atoms with Crippen molar-refractivity contribution in [3.05, 3.63) is 30.1 Å². The van der Waals surface area contributed by atoms with Crippen molar-refractivity contribution in [1.29, 1.82) is 0 Å². The molecular formula is C19H25N3O2. The van der Waals surface area contributed by atoms with E-state index in [2.05, 4.69) is 17.1 Å². The van der Waals surface area contributed by atoms with E-state index in [1.165, 1.54) is 10.9 Å². The number of rotatable bonds is 2. The molecule has 2 aromatic rings. The minimum absolute atomic E-state index is 0.0267. The highest BCUT2D eigenvalue weighted by atomic mass is 16.3. The highest BCUT2D eigenvalue weighted by Crippen LogP contribution is 2.39. The van der Waals surface area contributed by atoms with Crippen LogP contribution in [0.4, 0.5) is 0 Å². The molecule has 4 rings (SSSR count). The molecule has 128 valence electrons. The monoisotopic (exact) mass is 327 g/mol. The van der Waals surface area contributed by atoms with Gasteiger partial charge >= 0.3 is 0 Å². The van der Waals surface area contributed by atoms with E-state index in [1.54, 1.807) is 0 Å². The maximum Gasteiger partial charge on any atom is 0.225 e. The van der Waals surface area contributed by atoms with Gasteiger partial charge in [0.1, 0.15) is 5.65 Å². The second-order valence-electron chi connectivity index (χ2n) is 7.81. The summed E-state index contributed by atoms with van der Waals surface area (Å²) in [5.41, 5.74) is 1.67. The van der Waals surface area contributed by atoms with Crippen LogP contribution in [0.5, 0.6) is 0 Å². The fraction of sp³-hybridized carbons (Fsp3) is 0.579. The van der Waals surface area contributed by atoms with Crippen LogP contribution in [0.3, 0.4) is 0 Å². The van der Waals surface area contributed by atoms with Crippen LogP contribution in [0.2, 0.25) is 0 Å². The lowest BCUT2D eigenvalue weighted by Crippen LogP contribution is -2.51. The fourth-order valence-electron chi connectivity index (χ4n) is 4.26. The number of aromatic nitrogens is 2. The lowest BCUT2D eigenvalue weighted by atomic mass is 9.71. The minimum Gasteiger partial charge on any atom is -0.390 e. The van der Waals surface area contributed by atoms with Crippen LogP contribution in [0.1, 0.15) is 44.1 Å². The summed E-state index contributed by atoms with van der Waals surface area (Å²) in [6.07, 6.45) is 7.24. The lowest BCUT2D eigenvalue weighted by Gasteiger charge is -2.43. The van der Waals surface area contributed by atoms with Crippen molar-refractivity contribution in [2.45, 2.75) is 44.1 Å². The summed E-state index contributed by atoms with van der Waals surface area (Å²) in [7, 11) is 2.01. The van der Waals surface area contributed by atoms with Crippen LogP contribution in [0.15, 0.2) is 24.5 Å². The van der Waals surface area contributed by atoms with E-state index in [4.69, 9.17) is 0 Å². The number of nitrogens with zero attached hydrogens (tertiary/aromatic N) is 3. The van der Waals surface area contributed by atoms with Gasteiger partial charge in [0.05, 0.1) is 5.60 Å². The summed E-state index contributed by atoms with van der Waals surface area (Å²) in [5, 5.41) is 11.0. The molecule has 1 amide bonds. The van der Waals surface area contributed by atoms with Gasteiger partial charge in [0, 0.05) is 43.8 Å². The molecule has 24 heavy (non-hydrogen) atoms. The molecule has 1 aliphatic carbocycles. The Morgan fingerprint density at radius 2 is 2.04 bits per heavy atom. The Balaban J connectivity index is 1.39. The average molecular weight is 327 g/mol. The number of fused-ring (bicyclic) bond motifs is 1. The first kappa shape index (κ1) is 15.6. The molecule has 2 aromatic heterocycles. The molecule has 0 unspecified atom stereocenters. The van der Waals surface area contributed by atoms with E-state index in [0.717, 1.165) is 31.6 Å². The maximum atomic E-state index is 12.5. The Kier molecular flexibility index (Phi) is 3.64. The van der Waals surface area contributed by atoms with Gasteiger partial charge in [-0.1, -0.05) is 0 Å². The summed E-state index contributed by atoms with van der Waals surface area (Å²) in [4.78, 5) is 19.1. The predicted octanol–water partition coefficient (Wildman–Crippen LogP) is 2.44. The van der Waals surface area contributed by atoms with Crippen molar-refractivity contribution in [1.82, 2.24) is 14.5 Å². The van der Waals surface area contributed by atoms with E-state index in [1.807, 2.05) is 35.8 Å². The number of hydrogen-bond acceptors (Lipinski definition) is 3. The van der Waals surface area contributed by atoms with Gasteiger partial charge in [0.25, 0.3) is 0 Å². The number of pyridine rings is 1. The Bertz CT molecular complexity index is 764. The van der Waals surface area contributed by atoms with Crippen molar-refractivity contribution < 1.29 is 9.90 Å². The van der Waals surface area contributed by atoms with E-state index >= 15 is 0 Å². The number of amides is 1. The van der Waals surface area contributed by atoms with Gasteiger partial charge in [0.15, 0.2) is 0 Å². The highest BCUT2D eigenvalue weighted by molar-refractivity contribution is 5.80. The van der Waals surface area contributed by atoms with Gasteiger partial charge in [0.2, 0.25) is 5.91 Å². The molecule has 5 nitrogen and oxygen atoms in total. The zero-order valence-electron chi connectivity index (χ0n) is 14.4.